The molecular weight excluding hydrogens is 352 g/mol. The van der Waals surface area contributed by atoms with Crippen molar-refractivity contribution in [2.45, 2.75) is 0 Å². The van der Waals surface area contributed by atoms with E-state index in [2.05, 4.69) is 0 Å². The molecular formula is C20H18O7. The molecule has 1 heterocycles. The first-order valence-corrected chi connectivity index (χ1v) is 7.94. The molecule has 0 atom stereocenters. The van der Waals surface area contributed by atoms with Gasteiger partial charge in [0, 0.05) is 11.1 Å². The molecule has 0 saturated heterocycles. The van der Waals surface area contributed by atoms with Gasteiger partial charge in [-0.3, -0.25) is 4.79 Å². The number of furan rings is 1. The molecule has 1 aromatic heterocycles. The van der Waals surface area contributed by atoms with Gasteiger partial charge in [-0.25, -0.2) is 0 Å². The van der Waals surface area contributed by atoms with Gasteiger partial charge in [0.1, 0.15) is 5.76 Å². The lowest BCUT2D eigenvalue weighted by molar-refractivity contribution is 0.103. The summed E-state index contributed by atoms with van der Waals surface area (Å²) in [6.07, 6.45) is 1.47. The fourth-order valence-electron chi connectivity index (χ4n) is 2.75. The normalized spacial score (nSPS) is 10.5. The van der Waals surface area contributed by atoms with Crippen LogP contribution in [0.1, 0.15) is 15.9 Å². The average molecular weight is 370 g/mol. The third-order valence-electron chi connectivity index (χ3n) is 4.07. The first kappa shape index (κ1) is 18.2. The Balaban J connectivity index is 2.14. The monoisotopic (exact) mass is 370 g/mol. The first-order chi connectivity index (χ1) is 13.0. The number of aromatic hydroxyl groups is 2. The second-order valence-electron chi connectivity index (χ2n) is 5.61. The molecule has 0 saturated carbocycles. The van der Waals surface area contributed by atoms with Gasteiger partial charge in [-0.05, 0) is 36.4 Å². The summed E-state index contributed by atoms with van der Waals surface area (Å²) in [7, 11) is 4.33. The Morgan fingerprint density at radius 1 is 0.963 bits per heavy atom. The van der Waals surface area contributed by atoms with Gasteiger partial charge in [0.25, 0.3) is 0 Å². The molecule has 0 spiro atoms. The molecule has 3 rings (SSSR count). The van der Waals surface area contributed by atoms with Gasteiger partial charge in [0.15, 0.2) is 28.8 Å². The lowest BCUT2D eigenvalue weighted by atomic mass is 9.98. The highest BCUT2D eigenvalue weighted by Gasteiger charge is 2.22. The van der Waals surface area contributed by atoms with E-state index in [1.54, 1.807) is 12.1 Å². The third-order valence-corrected chi connectivity index (χ3v) is 4.07. The molecule has 0 unspecified atom stereocenters. The van der Waals surface area contributed by atoms with Gasteiger partial charge in [0.05, 0.1) is 33.2 Å². The summed E-state index contributed by atoms with van der Waals surface area (Å²) in [5.74, 6) is -0.103. The summed E-state index contributed by atoms with van der Waals surface area (Å²) in [6, 6.07) is 9.07. The average Bonchev–Trinajstić information content (AvgIpc) is 3.23. The molecule has 7 nitrogen and oxygen atoms in total. The zero-order valence-corrected chi connectivity index (χ0v) is 15.0. The molecule has 0 aliphatic rings. The van der Waals surface area contributed by atoms with Crippen molar-refractivity contribution in [1.82, 2.24) is 0 Å². The van der Waals surface area contributed by atoms with Crippen LogP contribution in [0.15, 0.2) is 47.1 Å². The summed E-state index contributed by atoms with van der Waals surface area (Å²) in [6.45, 7) is 0. The summed E-state index contributed by atoms with van der Waals surface area (Å²) in [4.78, 5) is 13.0. The van der Waals surface area contributed by atoms with Crippen molar-refractivity contribution in [3.63, 3.8) is 0 Å². The van der Waals surface area contributed by atoms with E-state index in [4.69, 9.17) is 18.6 Å². The number of benzene rings is 2. The number of phenols is 2. The molecule has 0 aliphatic carbocycles. The quantitative estimate of drug-likeness (QED) is 0.505. The molecule has 3 aromatic rings. The molecule has 0 fully saturated rings. The number of ketones is 1. The minimum absolute atomic E-state index is 0.0873. The number of hydrogen-bond acceptors (Lipinski definition) is 7. The number of phenolic OH excluding ortho intramolecular Hbond substituents is 2. The lowest BCUT2D eigenvalue weighted by Crippen LogP contribution is -2.05. The number of ether oxygens (including phenoxy) is 3. The molecule has 0 amide bonds. The van der Waals surface area contributed by atoms with Gasteiger partial charge < -0.3 is 28.8 Å². The maximum absolute atomic E-state index is 13.0. The second kappa shape index (κ2) is 7.33. The van der Waals surface area contributed by atoms with E-state index in [9.17, 15) is 15.0 Å². The van der Waals surface area contributed by atoms with Gasteiger partial charge in [-0.1, -0.05) is 0 Å². The highest BCUT2D eigenvalue weighted by atomic mass is 16.5. The van der Waals surface area contributed by atoms with Crippen LogP contribution in [0.4, 0.5) is 0 Å². The van der Waals surface area contributed by atoms with Gasteiger partial charge in [-0.2, -0.15) is 0 Å². The van der Waals surface area contributed by atoms with Crippen LogP contribution in [0.2, 0.25) is 0 Å². The molecule has 7 heteroatoms. The highest BCUT2D eigenvalue weighted by Crippen LogP contribution is 2.41. The zero-order valence-electron chi connectivity index (χ0n) is 15.0. The number of carbonyl (C=O) groups is 1. The number of methoxy groups -OCH3 is 3. The minimum Gasteiger partial charge on any atom is -0.504 e. The molecule has 0 bridgehead atoms. The molecule has 0 aliphatic heterocycles. The molecule has 2 N–H and O–H groups in total. The van der Waals surface area contributed by atoms with Gasteiger partial charge in [0.2, 0.25) is 5.75 Å². The largest absolute Gasteiger partial charge is 0.504 e. The van der Waals surface area contributed by atoms with Crippen molar-refractivity contribution >= 4 is 5.78 Å². The highest BCUT2D eigenvalue weighted by molar-refractivity contribution is 6.12. The van der Waals surface area contributed by atoms with Crippen LogP contribution in [-0.4, -0.2) is 37.3 Å². The van der Waals surface area contributed by atoms with Crippen LogP contribution in [0, 0.1) is 0 Å². The predicted molar refractivity (Wildman–Crippen MR) is 97.0 cm³/mol. The Morgan fingerprint density at radius 2 is 1.63 bits per heavy atom. The minimum atomic E-state index is -0.532. The van der Waals surface area contributed by atoms with Crippen molar-refractivity contribution in [2.24, 2.45) is 0 Å². The smallest absolute Gasteiger partial charge is 0.203 e. The Hall–Kier alpha value is -3.61. The number of carbonyl (C=O) groups excluding carboxylic acids is 1. The summed E-state index contributed by atoms with van der Waals surface area (Å²) < 4.78 is 21.1. The Bertz CT molecular complexity index is 949. The Morgan fingerprint density at radius 3 is 2.15 bits per heavy atom. The molecule has 2 aromatic carbocycles. The van der Waals surface area contributed by atoms with Gasteiger partial charge >= 0.3 is 0 Å². The van der Waals surface area contributed by atoms with Crippen LogP contribution in [0.3, 0.4) is 0 Å². The zero-order chi connectivity index (χ0) is 19.6. The summed E-state index contributed by atoms with van der Waals surface area (Å²) >= 11 is 0. The van der Waals surface area contributed by atoms with Crippen molar-refractivity contribution in [3.05, 3.63) is 53.8 Å². The van der Waals surface area contributed by atoms with E-state index in [0.717, 1.165) is 0 Å². The van der Waals surface area contributed by atoms with Crippen LogP contribution >= 0.6 is 0 Å². The Labute approximate surface area is 155 Å². The standard InChI is InChI=1S/C20H18O7/c1-24-16-9-12(10-17(25-2)20(16)26-3)18(22)13-7-11(8-14(21)19(13)23)15-5-4-6-27-15/h4-10,21,23H,1-3H3. The molecule has 140 valence electrons. The van der Waals surface area contributed by atoms with Crippen molar-refractivity contribution in [1.29, 1.82) is 0 Å². The number of hydrogen-bond donors (Lipinski definition) is 2. The van der Waals surface area contributed by atoms with Crippen molar-refractivity contribution in [2.75, 3.05) is 21.3 Å². The van der Waals surface area contributed by atoms with Crippen LogP contribution in [0.5, 0.6) is 28.7 Å². The van der Waals surface area contributed by atoms with Crippen LogP contribution in [0.25, 0.3) is 11.3 Å². The molecule has 0 radical (unpaired) electrons. The predicted octanol–water partition coefficient (Wildman–Crippen LogP) is 3.61. The second-order valence-corrected chi connectivity index (χ2v) is 5.61. The van der Waals surface area contributed by atoms with Crippen LogP contribution < -0.4 is 14.2 Å². The fourth-order valence-corrected chi connectivity index (χ4v) is 2.75. The van der Waals surface area contributed by atoms with E-state index in [0.29, 0.717) is 28.6 Å². The molecule has 27 heavy (non-hydrogen) atoms. The Kier molecular flexibility index (Phi) is 4.94. The topological polar surface area (TPSA) is 98.4 Å². The van der Waals surface area contributed by atoms with Crippen molar-refractivity contribution < 1.29 is 33.6 Å². The lowest BCUT2D eigenvalue weighted by Gasteiger charge is -2.14. The van der Waals surface area contributed by atoms with Crippen molar-refractivity contribution in [3.8, 4) is 40.1 Å². The summed E-state index contributed by atoms with van der Waals surface area (Å²) in [5.41, 5.74) is 0.553. The van der Waals surface area contributed by atoms with E-state index < -0.39 is 17.3 Å². The van der Waals surface area contributed by atoms with E-state index in [-0.39, 0.29) is 11.1 Å². The van der Waals surface area contributed by atoms with E-state index in [1.807, 2.05) is 0 Å². The maximum atomic E-state index is 13.0. The fraction of sp³-hybridized carbons (Fsp3) is 0.150. The van der Waals surface area contributed by atoms with Gasteiger partial charge in [-0.15, -0.1) is 0 Å². The third kappa shape index (κ3) is 3.27. The first-order valence-electron chi connectivity index (χ1n) is 7.94. The van der Waals surface area contributed by atoms with E-state index in [1.165, 1.54) is 51.9 Å². The summed E-state index contributed by atoms with van der Waals surface area (Å²) in [5, 5.41) is 20.3. The van der Waals surface area contributed by atoms with E-state index >= 15 is 0 Å². The SMILES string of the molecule is COc1cc(C(=O)c2cc(-c3ccco3)cc(O)c2O)cc(OC)c1OC. The number of rotatable bonds is 6. The van der Waals surface area contributed by atoms with Crippen LogP contribution in [-0.2, 0) is 0 Å². The maximum Gasteiger partial charge on any atom is 0.203 e.